The number of rotatable bonds is 7. The molecule has 1 amide bonds. The maximum Gasteiger partial charge on any atom is 0.326 e. The molecule has 0 aromatic heterocycles. The van der Waals surface area contributed by atoms with Crippen LogP contribution in [0.2, 0.25) is 0 Å². The zero-order valence-electron chi connectivity index (χ0n) is 11.9. The number of nitro benzene ring substituents is 1. The van der Waals surface area contributed by atoms with Crippen molar-refractivity contribution in [1.82, 2.24) is 5.32 Å². The van der Waals surface area contributed by atoms with E-state index in [0.717, 1.165) is 0 Å². The number of carboxylic acid groups (broad SMARTS) is 1. The number of benzene rings is 1. The highest BCUT2D eigenvalue weighted by Gasteiger charge is 2.21. The molecule has 0 aliphatic carbocycles. The largest absolute Gasteiger partial charge is 0.480 e. The minimum Gasteiger partial charge on any atom is -0.480 e. The Bertz CT molecular complexity index is 525. The number of nitro groups is 1. The van der Waals surface area contributed by atoms with Crippen LogP contribution in [0.15, 0.2) is 24.3 Å². The summed E-state index contributed by atoms with van der Waals surface area (Å²) >= 11 is 0. The van der Waals surface area contributed by atoms with E-state index in [9.17, 15) is 19.7 Å². The molecule has 7 heteroatoms. The number of amides is 1. The van der Waals surface area contributed by atoms with Gasteiger partial charge < -0.3 is 10.4 Å². The summed E-state index contributed by atoms with van der Waals surface area (Å²) in [5, 5.41) is 22.1. The topological polar surface area (TPSA) is 110 Å². The molecule has 114 valence electrons. The third-order valence-electron chi connectivity index (χ3n) is 2.81. The van der Waals surface area contributed by atoms with E-state index >= 15 is 0 Å². The summed E-state index contributed by atoms with van der Waals surface area (Å²) in [4.78, 5) is 32.8. The lowest BCUT2D eigenvalue weighted by Crippen LogP contribution is -2.42. The van der Waals surface area contributed by atoms with E-state index in [1.54, 1.807) is 0 Å². The van der Waals surface area contributed by atoms with E-state index < -0.39 is 16.9 Å². The first-order valence-electron chi connectivity index (χ1n) is 6.55. The number of carboxylic acids is 1. The fourth-order valence-electron chi connectivity index (χ4n) is 1.81. The van der Waals surface area contributed by atoms with Gasteiger partial charge in [0.15, 0.2) is 0 Å². The first-order chi connectivity index (χ1) is 9.79. The van der Waals surface area contributed by atoms with Gasteiger partial charge in [-0.25, -0.2) is 4.79 Å². The van der Waals surface area contributed by atoms with Crippen LogP contribution >= 0.6 is 0 Å². The van der Waals surface area contributed by atoms with Crippen LogP contribution in [0.3, 0.4) is 0 Å². The van der Waals surface area contributed by atoms with Crippen molar-refractivity contribution in [3.05, 3.63) is 39.9 Å². The normalized spacial score (nSPS) is 12.0. The molecule has 0 saturated carbocycles. The number of carbonyl (C=O) groups is 2. The summed E-state index contributed by atoms with van der Waals surface area (Å²) in [5.41, 5.74) is 0.548. The number of carbonyl (C=O) groups excluding carboxylic acids is 1. The Balaban J connectivity index is 2.72. The van der Waals surface area contributed by atoms with Crippen LogP contribution in [-0.2, 0) is 16.0 Å². The molecule has 0 spiro atoms. The van der Waals surface area contributed by atoms with E-state index in [4.69, 9.17) is 5.11 Å². The molecule has 0 unspecified atom stereocenters. The minimum atomic E-state index is -1.13. The highest BCUT2D eigenvalue weighted by Crippen LogP contribution is 2.13. The molecular weight excluding hydrogens is 276 g/mol. The van der Waals surface area contributed by atoms with Crippen LogP contribution < -0.4 is 5.32 Å². The first-order valence-corrected chi connectivity index (χ1v) is 6.55. The maximum absolute atomic E-state index is 11.6. The summed E-state index contributed by atoms with van der Waals surface area (Å²) in [6, 6.07) is 4.55. The van der Waals surface area contributed by atoms with Crippen LogP contribution in [0.1, 0.15) is 25.8 Å². The molecule has 0 saturated heterocycles. The Labute approximate surface area is 122 Å². The van der Waals surface area contributed by atoms with Gasteiger partial charge >= 0.3 is 5.97 Å². The van der Waals surface area contributed by atoms with Crippen molar-refractivity contribution in [3.8, 4) is 0 Å². The Morgan fingerprint density at radius 2 is 1.86 bits per heavy atom. The molecule has 1 rings (SSSR count). The molecule has 1 aromatic carbocycles. The van der Waals surface area contributed by atoms with Crippen LogP contribution in [0.5, 0.6) is 0 Å². The Hall–Kier alpha value is -2.44. The maximum atomic E-state index is 11.6. The lowest BCUT2D eigenvalue weighted by molar-refractivity contribution is -0.384. The van der Waals surface area contributed by atoms with Gasteiger partial charge in [-0.2, -0.15) is 0 Å². The van der Waals surface area contributed by atoms with Crippen molar-refractivity contribution in [3.63, 3.8) is 0 Å². The monoisotopic (exact) mass is 294 g/mol. The second-order valence-corrected chi connectivity index (χ2v) is 5.18. The number of nitrogens with zero attached hydrogens (tertiary/aromatic N) is 1. The average Bonchev–Trinajstić information content (AvgIpc) is 2.37. The molecule has 0 bridgehead atoms. The van der Waals surface area contributed by atoms with Crippen molar-refractivity contribution >= 4 is 17.6 Å². The van der Waals surface area contributed by atoms with Gasteiger partial charge in [0, 0.05) is 25.0 Å². The van der Waals surface area contributed by atoms with E-state index in [2.05, 4.69) is 5.32 Å². The van der Waals surface area contributed by atoms with Crippen LogP contribution in [0.4, 0.5) is 5.69 Å². The predicted molar refractivity (Wildman–Crippen MR) is 75.8 cm³/mol. The van der Waals surface area contributed by atoms with Gasteiger partial charge in [0.05, 0.1) is 4.92 Å². The average molecular weight is 294 g/mol. The Kier molecular flexibility index (Phi) is 5.83. The third kappa shape index (κ3) is 5.60. The highest BCUT2D eigenvalue weighted by molar-refractivity contribution is 5.83. The van der Waals surface area contributed by atoms with Crippen molar-refractivity contribution in [2.75, 3.05) is 0 Å². The van der Waals surface area contributed by atoms with Crippen molar-refractivity contribution in [2.45, 2.75) is 32.7 Å². The number of nitrogens with one attached hydrogen (secondary N) is 1. The SMILES string of the molecule is CC(C)CC(=O)N[C@H](Cc1ccc([N+](=O)[O-])cc1)C(=O)O. The van der Waals surface area contributed by atoms with Gasteiger partial charge in [0.25, 0.3) is 5.69 Å². The van der Waals surface area contributed by atoms with E-state index in [0.29, 0.717) is 5.56 Å². The van der Waals surface area contributed by atoms with Gasteiger partial charge in [-0.1, -0.05) is 26.0 Å². The smallest absolute Gasteiger partial charge is 0.326 e. The lowest BCUT2D eigenvalue weighted by Gasteiger charge is -2.15. The van der Waals surface area contributed by atoms with Crippen molar-refractivity contribution in [1.29, 1.82) is 0 Å². The second-order valence-electron chi connectivity index (χ2n) is 5.18. The Morgan fingerprint density at radius 3 is 2.29 bits per heavy atom. The molecule has 0 aliphatic rings. The molecule has 0 heterocycles. The molecular formula is C14H18N2O5. The molecule has 0 fully saturated rings. The Morgan fingerprint density at radius 1 is 1.29 bits per heavy atom. The molecule has 2 N–H and O–H groups in total. The van der Waals surface area contributed by atoms with Gasteiger partial charge in [-0.05, 0) is 11.5 Å². The number of aliphatic carboxylic acids is 1. The molecule has 0 aliphatic heterocycles. The van der Waals surface area contributed by atoms with Gasteiger partial charge in [0.2, 0.25) is 5.91 Å². The zero-order valence-corrected chi connectivity index (χ0v) is 11.9. The van der Waals surface area contributed by atoms with E-state index in [1.807, 2.05) is 13.8 Å². The summed E-state index contributed by atoms with van der Waals surface area (Å²) in [7, 11) is 0. The van der Waals surface area contributed by atoms with E-state index in [1.165, 1.54) is 24.3 Å². The summed E-state index contributed by atoms with van der Waals surface area (Å²) in [6.07, 6.45) is 0.335. The second kappa shape index (κ2) is 7.37. The summed E-state index contributed by atoms with van der Waals surface area (Å²) < 4.78 is 0. The van der Waals surface area contributed by atoms with Gasteiger partial charge in [-0.3, -0.25) is 14.9 Å². The molecule has 0 radical (unpaired) electrons. The fourth-order valence-corrected chi connectivity index (χ4v) is 1.81. The van der Waals surface area contributed by atoms with Crippen LogP contribution in [0, 0.1) is 16.0 Å². The quantitative estimate of drug-likeness (QED) is 0.588. The van der Waals surface area contributed by atoms with Gasteiger partial charge in [0.1, 0.15) is 6.04 Å². The number of hydrogen-bond donors (Lipinski definition) is 2. The van der Waals surface area contributed by atoms with Gasteiger partial charge in [-0.15, -0.1) is 0 Å². The molecule has 1 aromatic rings. The third-order valence-corrected chi connectivity index (χ3v) is 2.81. The first kappa shape index (κ1) is 16.6. The standard InChI is InChI=1S/C14H18N2O5/c1-9(2)7-13(17)15-12(14(18)19)8-10-3-5-11(6-4-10)16(20)21/h3-6,9,12H,7-8H2,1-2H3,(H,15,17)(H,18,19)/t12-/m1/s1. The predicted octanol–water partition coefficient (Wildman–Crippen LogP) is 1.75. The lowest BCUT2D eigenvalue weighted by atomic mass is 10.0. The zero-order chi connectivity index (χ0) is 16.0. The molecule has 1 atom stereocenters. The van der Waals surface area contributed by atoms with Crippen molar-refractivity contribution < 1.29 is 19.6 Å². The van der Waals surface area contributed by atoms with Crippen LogP contribution in [-0.4, -0.2) is 27.9 Å². The number of non-ortho nitro benzene ring substituents is 1. The minimum absolute atomic E-state index is 0.0607. The fraction of sp³-hybridized carbons (Fsp3) is 0.429. The summed E-state index contributed by atoms with van der Waals surface area (Å²) in [6.45, 7) is 3.73. The van der Waals surface area contributed by atoms with E-state index in [-0.39, 0.29) is 30.4 Å². The van der Waals surface area contributed by atoms with Crippen LogP contribution in [0.25, 0.3) is 0 Å². The highest BCUT2D eigenvalue weighted by atomic mass is 16.6. The van der Waals surface area contributed by atoms with Crippen molar-refractivity contribution in [2.24, 2.45) is 5.92 Å². The molecule has 7 nitrogen and oxygen atoms in total. The number of hydrogen-bond acceptors (Lipinski definition) is 4. The molecule has 21 heavy (non-hydrogen) atoms. The summed E-state index contributed by atoms with van der Waals surface area (Å²) in [5.74, 6) is -1.32.